The van der Waals surface area contributed by atoms with Crippen LogP contribution >= 0.6 is 0 Å². The van der Waals surface area contributed by atoms with Crippen molar-refractivity contribution in [3.05, 3.63) is 23.6 Å². The van der Waals surface area contributed by atoms with Crippen molar-refractivity contribution in [2.24, 2.45) is 5.73 Å². The molecule has 1 unspecified atom stereocenters. The van der Waals surface area contributed by atoms with Crippen LogP contribution in [0.2, 0.25) is 0 Å². The van der Waals surface area contributed by atoms with Crippen molar-refractivity contribution in [3.63, 3.8) is 0 Å². The third-order valence-electron chi connectivity index (χ3n) is 2.58. The van der Waals surface area contributed by atoms with E-state index in [0.29, 0.717) is 12.2 Å². The van der Waals surface area contributed by atoms with Gasteiger partial charge in [0.15, 0.2) is 15.7 Å². The van der Waals surface area contributed by atoms with Gasteiger partial charge in [-0.2, -0.15) is 4.98 Å². The van der Waals surface area contributed by atoms with E-state index in [1.807, 2.05) is 0 Å². The minimum atomic E-state index is -3.25. The Morgan fingerprint density at radius 2 is 2.26 bits per heavy atom. The highest BCUT2D eigenvalue weighted by molar-refractivity contribution is 7.90. The zero-order chi connectivity index (χ0) is 14.0. The summed E-state index contributed by atoms with van der Waals surface area (Å²) in [6.07, 6.45) is 2.78. The van der Waals surface area contributed by atoms with Gasteiger partial charge in [0.1, 0.15) is 11.8 Å². The molecule has 0 aliphatic carbocycles. The number of rotatable bonds is 5. The highest BCUT2D eigenvalue weighted by Gasteiger charge is 2.23. The summed E-state index contributed by atoms with van der Waals surface area (Å²) in [6.45, 7) is 2.02. The lowest BCUT2D eigenvalue weighted by Gasteiger charge is -2.01. The van der Waals surface area contributed by atoms with E-state index in [1.54, 1.807) is 6.20 Å². The monoisotopic (exact) mass is 286 g/mol. The van der Waals surface area contributed by atoms with Crippen LogP contribution in [0.5, 0.6) is 0 Å². The van der Waals surface area contributed by atoms with E-state index in [0.717, 1.165) is 6.26 Å². The molecule has 0 saturated heterocycles. The van der Waals surface area contributed by atoms with Crippen molar-refractivity contribution >= 4 is 9.84 Å². The van der Waals surface area contributed by atoms with Gasteiger partial charge in [-0.3, -0.25) is 0 Å². The maximum Gasteiger partial charge on any atom is 0.248 e. The molecule has 0 amide bonds. The summed E-state index contributed by atoms with van der Waals surface area (Å²) < 4.78 is 29.2. The summed E-state index contributed by atoms with van der Waals surface area (Å²) in [4.78, 5) is 4.03. The number of hydrogen-bond donors (Lipinski definition) is 1. The number of nitrogens with zero attached hydrogens (tertiary/aromatic N) is 5. The number of nitrogens with two attached hydrogens (primary N) is 1. The van der Waals surface area contributed by atoms with E-state index >= 15 is 0 Å². The number of hydrogen-bond acceptors (Lipinski definition) is 8. The van der Waals surface area contributed by atoms with Gasteiger partial charge in [0.25, 0.3) is 0 Å². The first-order valence-corrected chi connectivity index (χ1v) is 7.46. The van der Waals surface area contributed by atoms with Crippen molar-refractivity contribution in [1.29, 1.82) is 0 Å². The standard InChI is InChI=1S/C9H14N6O3S/c1-6(19(2,16)17)9-11-8(18-13-9)5-15-4-7(3-10)12-14-15/h4,6H,3,5,10H2,1-2H3. The second kappa shape index (κ2) is 5.05. The quantitative estimate of drug-likeness (QED) is 0.761. The molecule has 2 N–H and O–H groups in total. The van der Waals surface area contributed by atoms with Crippen molar-refractivity contribution in [2.75, 3.05) is 6.26 Å². The molecule has 104 valence electrons. The van der Waals surface area contributed by atoms with E-state index in [9.17, 15) is 8.42 Å². The summed E-state index contributed by atoms with van der Waals surface area (Å²) in [5.74, 6) is 0.399. The zero-order valence-electron chi connectivity index (χ0n) is 10.5. The summed E-state index contributed by atoms with van der Waals surface area (Å²) in [6, 6.07) is 0. The average molecular weight is 286 g/mol. The van der Waals surface area contributed by atoms with Gasteiger partial charge in [0, 0.05) is 12.8 Å². The topological polar surface area (TPSA) is 130 Å². The van der Waals surface area contributed by atoms with Gasteiger partial charge in [-0.1, -0.05) is 10.4 Å². The Morgan fingerprint density at radius 3 is 2.84 bits per heavy atom. The van der Waals surface area contributed by atoms with Crippen LogP contribution in [0.25, 0.3) is 0 Å². The van der Waals surface area contributed by atoms with E-state index < -0.39 is 15.1 Å². The van der Waals surface area contributed by atoms with Crippen LogP contribution in [-0.4, -0.2) is 39.8 Å². The van der Waals surface area contributed by atoms with Crippen molar-refractivity contribution < 1.29 is 12.9 Å². The van der Waals surface area contributed by atoms with Gasteiger partial charge in [-0.15, -0.1) is 5.10 Å². The van der Waals surface area contributed by atoms with Gasteiger partial charge >= 0.3 is 0 Å². The molecular weight excluding hydrogens is 272 g/mol. The Bertz CT molecular complexity index is 661. The average Bonchev–Trinajstić information content (AvgIpc) is 2.96. The number of sulfone groups is 1. The van der Waals surface area contributed by atoms with Crippen LogP contribution in [0.4, 0.5) is 0 Å². The van der Waals surface area contributed by atoms with Crippen LogP contribution in [0.15, 0.2) is 10.7 Å². The lowest BCUT2D eigenvalue weighted by Crippen LogP contribution is -2.09. The molecule has 9 nitrogen and oxygen atoms in total. The SMILES string of the molecule is CC(c1noc(Cn2cc(CN)nn2)n1)S(C)(=O)=O. The molecule has 0 fully saturated rings. The minimum Gasteiger partial charge on any atom is -0.337 e. The summed E-state index contributed by atoms with van der Waals surface area (Å²) in [7, 11) is -3.25. The molecule has 0 saturated carbocycles. The predicted molar refractivity (Wildman–Crippen MR) is 64.6 cm³/mol. The Kier molecular flexibility index (Phi) is 3.62. The van der Waals surface area contributed by atoms with E-state index in [4.69, 9.17) is 10.3 Å². The molecule has 2 rings (SSSR count). The van der Waals surface area contributed by atoms with Crippen LogP contribution < -0.4 is 5.73 Å². The number of aromatic nitrogens is 5. The fourth-order valence-corrected chi connectivity index (χ4v) is 1.82. The van der Waals surface area contributed by atoms with Crippen LogP contribution in [0, 0.1) is 0 Å². The van der Waals surface area contributed by atoms with Crippen LogP contribution in [0.3, 0.4) is 0 Å². The molecule has 2 aromatic heterocycles. The molecular formula is C9H14N6O3S. The Morgan fingerprint density at radius 1 is 1.53 bits per heavy atom. The second-order valence-corrected chi connectivity index (χ2v) is 6.50. The molecule has 2 heterocycles. The lowest BCUT2D eigenvalue weighted by atomic mass is 10.4. The summed E-state index contributed by atoms with van der Waals surface area (Å²) in [5.41, 5.74) is 6.06. The van der Waals surface area contributed by atoms with E-state index in [2.05, 4.69) is 20.5 Å². The highest BCUT2D eigenvalue weighted by Crippen LogP contribution is 2.17. The normalized spacial score (nSPS) is 13.6. The first-order valence-electron chi connectivity index (χ1n) is 5.50. The van der Waals surface area contributed by atoms with Crippen molar-refractivity contribution in [2.45, 2.75) is 25.3 Å². The molecule has 10 heteroatoms. The first-order chi connectivity index (χ1) is 8.90. The summed E-state index contributed by atoms with van der Waals surface area (Å²) >= 11 is 0. The predicted octanol–water partition coefficient (Wildman–Crippen LogP) is -0.726. The van der Waals surface area contributed by atoms with Gasteiger partial charge in [-0.05, 0) is 6.92 Å². The lowest BCUT2D eigenvalue weighted by molar-refractivity contribution is 0.359. The smallest absolute Gasteiger partial charge is 0.248 e. The molecule has 0 spiro atoms. The Hall–Kier alpha value is -1.81. The Labute approximate surface area is 109 Å². The largest absolute Gasteiger partial charge is 0.337 e. The maximum atomic E-state index is 11.4. The first kappa shape index (κ1) is 13.6. The molecule has 0 bridgehead atoms. The van der Waals surface area contributed by atoms with E-state index in [-0.39, 0.29) is 18.3 Å². The zero-order valence-corrected chi connectivity index (χ0v) is 11.3. The maximum absolute atomic E-state index is 11.4. The fraction of sp³-hybridized carbons (Fsp3) is 0.556. The van der Waals surface area contributed by atoms with Gasteiger partial charge < -0.3 is 10.3 Å². The Balaban J connectivity index is 2.13. The van der Waals surface area contributed by atoms with Gasteiger partial charge in [0.05, 0.1) is 11.9 Å². The van der Waals surface area contributed by atoms with E-state index in [1.165, 1.54) is 11.6 Å². The van der Waals surface area contributed by atoms with Crippen molar-refractivity contribution in [1.82, 2.24) is 25.1 Å². The third-order valence-corrected chi connectivity index (χ3v) is 4.08. The molecule has 0 aliphatic rings. The molecule has 1 atom stereocenters. The van der Waals surface area contributed by atoms with Crippen molar-refractivity contribution in [3.8, 4) is 0 Å². The van der Waals surface area contributed by atoms with Crippen LogP contribution in [-0.2, 0) is 22.9 Å². The second-order valence-electron chi connectivity index (χ2n) is 4.13. The summed E-state index contributed by atoms with van der Waals surface area (Å²) in [5, 5.41) is 10.5. The minimum absolute atomic E-state index is 0.136. The molecule has 19 heavy (non-hydrogen) atoms. The molecule has 0 aromatic carbocycles. The van der Waals surface area contributed by atoms with Gasteiger partial charge in [0.2, 0.25) is 5.89 Å². The fourth-order valence-electron chi connectivity index (χ4n) is 1.34. The molecule has 2 aromatic rings. The van der Waals surface area contributed by atoms with Crippen LogP contribution in [0.1, 0.15) is 29.6 Å². The van der Waals surface area contributed by atoms with Gasteiger partial charge in [-0.25, -0.2) is 13.1 Å². The highest BCUT2D eigenvalue weighted by atomic mass is 32.2. The molecule has 0 radical (unpaired) electrons. The third kappa shape index (κ3) is 3.15. The molecule has 0 aliphatic heterocycles.